The summed E-state index contributed by atoms with van der Waals surface area (Å²) in [6.07, 6.45) is 1.24. The lowest BCUT2D eigenvalue weighted by Crippen LogP contribution is -2.12. The maximum absolute atomic E-state index is 13.1. The first-order valence-electron chi connectivity index (χ1n) is 6.96. The molecular weight excluding hydrogens is 352 g/mol. The molecule has 1 aromatic carbocycles. The van der Waals surface area contributed by atoms with Crippen LogP contribution >= 0.6 is 7.60 Å². The van der Waals surface area contributed by atoms with E-state index >= 15 is 0 Å². The minimum atomic E-state index is -4.81. The maximum Gasteiger partial charge on any atom is 0.359 e. The number of anilines is 1. The Labute approximate surface area is 139 Å². The highest BCUT2D eigenvalue weighted by molar-refractivity contribution is 7.63. The Bertz CT molecular complexity index is 1080. The molecule has 0 aliphatic carbocycles. The topological polar surface area (TPSA) is 147 Å². The van der Waals surface area contributed by atoms with Crippen LogP contribution in [0.25, 0.3) is 16.5 Å². The number of fused-ring (bicyclic) bond motifs is 1. The lowest BCUT2D eigenvalue weighted by molar-refractivity contribution is 0.388. The smallest absolute Gasteiger partial charge is 0.359 e. The van der Waals surface area contributed by atoms with Crippen molar-refractivity contribution in [2.45, 2.75) is 6.54 Å². The predicted octanol–water partition coefficient (Wildman–Crippen LogP) is 1.20. The molecule has 0 unspecified atom stereocenters. The first-order chi connectivity index (χ1) is 11.8. The molecule has 9 nitrogen and oxygen atoms in total. The molecule has 0 amide bonds. The number of nitrogens with two attached hydrogens (primary N) is 1. The van der Waals surface area contributed by atoms with Gasteiger partial charge < -0.3 is 20.1 Å². The molecule has 0 fully saturated rings. The molecule has 130 valence electrons. The van der Waals surface area contributed by atoms with Gasteiger partial charge in [0.05, 0.1) is 18.2 Å². The van der Waals surface area contributed by atoms with Crippen LogP contribution in [0.2, 0.25) is 0 Å². The number of imidazole rings is 1. The van der Waals surface area contributed by atoms with Crippen LogP contribution < -0.4 is 11.3 Å². The van der Waals surface area contributed by atoms with Crippen molar-refractivity contribution in [3.8, 4) is 0 Å². The number of aromatic amines is 1. The van der Waals surface area contributed by atoms with E-state index in [1.54, 1.807) is 12.1 Å². The summed E-state index contributed by atoms with van der Waals surface area (Å²) in [6.45, 7) is 0.0555. The van der Waals surface area contributed by atoms with E-state index < -0.39 is 18.5 Å². The molecule has 5 N–H and O–H groups in total. The molecule has 0 spiro atoms. The van der Waals surface area contributed by atoms with Crippen molar-refractivity contribution in [3.63, 3.8) is 0 Å². The van der Waals surface area contributed by atoms with Gasteiger partial charge in [-0.15, -0.1) is 0 Å². The summed E-state index contributed by atoms with van der Waals surface area (Å²) >= 11 is 0. The van der Waals surface area contributed by atoms with Crippen LogP contribution in [-0.4, -0.2) is 29.3 Å². The fourth-order valence-corrected chi connectivity index (χ4v) is 3.12. The van der Waals surface area contributed by atoms with E-state index in [-0.39, 0.29) is 35.6 Å². The van der Waals surface area contributed by atoms with E-state index in [0.717, 1.165) is 0 Å². The second-order valence-corrected chi connectivity index (χ2v) is 6.76. The Kier molecular flexibility index (Phi) is 4.25. The normalized spacial score (nSPS) is 12.7. The average Bonchev–Trinajstić information content (AvgIpc) is 2.91. The summed E-state index contributed by atoms with van der Waals surface area (Å²) in [4.78, 5) is 40.8. The fraction of sp³-hybridized carbons (Fsp3) is 0.0714. The van der Waals surface area contributed by atoms with Crippen molar-refractivity contribution in [1.82, 2.24) is 19.5 Å². The average molecular weight is 365 g/mol. The molecule has 0 atom stereocenters. The predicted molar refractivity (Wildman–Crippen MR) is 89.2 cm³/mol. The summed E-state index contributed by atoms with van der Waals surface area (Å²) in [5.41, 5.74) is 5.77. The molecule has 25 heavy (non-hydrogen) atoms. The standard InChI is InChI=1S/C14H13FN5O4P/c15-5-10(25(22,23)24)9-4-2-1-3-8(9)6-20-7-17-11-12(20)18-14(16)19-13(11)21/h1-5,7H,6H2,(H2,22,23,24)(H3,16,18,19,21)/b10-5+. The second kappa shape index (κ2) is 6.25. The molecule has 11 heteroatoms. The van der Waals surface area contributed by atoms with Crippen LogP contribution in [0, 0.1) is 0 Å². The quantitative estimate of drug-likeness (QED) is 0.508. The highest BCUT2D eigenvalue weighted by atomic mass is 31.2. The molecule has 2 heterocycles. The third-order valence-electron chi connectivity index (χ3n) is 3.54. The van der Waals surface area contributed by atoms with Gasteiger partial charge in [-0.3, -0.25) is 14.3 Å². The minimum Gasteiger partial charge on any atom is -0.369 e. The van der Waals surface area contributed by atoms with E-state index in [0.29, 0.717) is 5.56 Å². The summed E-state index contributed by atoms with van der Waals surface area (Å²) in [6, 6.07) is 6.15. The summed E-state index contributed by atoms with van der Waals surface area (Å²) < 4.78 is 26.1. The molecule has 2 aromatic heterocycles. The minimum absolute atomic E-state index is 0.0537. The third kappa shape index (κ3) is 3.22. The van der Waals surface area contributed by atoms with Gasteiger partial charge in [0.15, 0.2) is 11.2 Å². The molecule has 0 saturated carbocycles. The first-order valence-corrected chi connectivity index (χ1v) is 8.58. The zero-order valence-electron chi connectivity index (χ0n) is 12.6. The van der Waals surface area contributed by atoms with Crippen molar-refractivity contribution < 1.29 is 18.7 Å². The number of halogens is 1. The van der Waals surface area contributed by atoms with Crippen LogP contribution in [0.15, 0.2) is 41.7 Å². The number of aromatic nitrogens is 4. The number of benzene rings is 1. The van der Waals surface area contributed by atoms with Gasteiger partial charge >= 0.3 is 7.60 Å². The van der Waals surface area contributed by atoms with Gasteiger partial charge in [0, 0.05) is 0 Å². The van der Waals surface area contributed by atoms with Crippen molar-refractivity contribution in [1.29, 1.82) is 0 Å². The van der Waals surface area contributed by atoms with E-state index in [2.05, 4.69) is 15.0 Å². The van der Waals surface area contributed by atoms with Gasteiger partial charge in [0.25, 0.3) is 5.56 Å². The second-order valence-electron chi connectivity index (χ2n) is 5.19. The number of hydrogen-bond acceptors (Lipinski definition) is 5. The number of nitrogen functional groups attached to an aromatic ring is 1. The SMILES string of the molecule is Nc1nc2c(ncn2Cc2ccccc2/C(=C\F)P(=O)(O)O)c(=O)[nH]1. The Morgan fingerprint density at radius 1 is 1.40 bits per heavy atom. The van der Waals surface area contributed by atoms with Crippen molar-refractivity contribution in [2.24, 2.45) is 0 Å². The van der Waals surface area contributed by atoms with E-state index in [1.807, 2.05) is 0 Å². The largest absolute Gasteiger partial charge is 0.369 e. The van der Waals surface area contributed by atoms with Gasteiger partial charge in [0.2, 0.25) is 5.95 Å². The Morgan fingerprint density at radius 3 is 2.80 bits per heavy atom. The van der Waals surface area contributed by atoms with Gasteiger partial charge in [-0.25, -0.2) is 9.37 Å². The summed E-state index contributed by atoms with van der Waals surface area (Å²) in [5.74, 6) is -0.0907. The number of H-pyrrole nitrogens is 1. The molecule has 0 saturated heterocycles. The molecule has 0 bridgehead atoms. The third-order valence-corrected chi connectivity index (χ3v) is 4.51. The van der Waals surface area contributed by atoms with Crippen LogP contribution in [0.3, 0.4) is 0 Å². The van der Waals surface area contributed by atoms with Crippen LogP contribution in [0.4, 0.5) is 10.3 Å². The lowest BCUT2D eigenvalue weighted by atomic mass is 10.1. The summed E-state index contributed by atoms with van der Waals surface area (Å²) in [7, 11) is -4.81. The summed E-state index contributed by atoms with van der Waals surface area (Å²) in [5, 5.41) is -0.724. The van der Waals surface area contributed by atoms with Crippen LogP contribution in [-0.2, 0) is 11.1 Å². The Balaban J connectivity index is 2.12. The Hall–Kier alpha value is -2.81. The number of hydrogen-bond donors (Lipinski definition) is 4. The Morgan fingerprint density at radius 2 is 2.12 bits per heavy atom. The number of rotatable bonds is 4. The monoisotopic (exact) mass is 365 g/mol. The van der Waals surface area contributed by atoms with Gasteiger partial charge in [-0.05, 0) is 11.1 Å². The number of nitrogens with zero attached hydrogens (tertiary/aromatic N) is 3. The van der Waals surface area contributed by atoms with Crippen molar-refractivity contribution in [3.05, 3.63) is 58.4 Å². The zero-order chi connectivity index (χ0) is 18.2. The molecular formula is C14H13FN5O4P. The van der Waals surface area contributed by atoms with Crippen LogP contribution in [0.1, 0.15) is 11.1 Å². The van der Waals surface area contributed by atoms with E-state index in [9.17, 15) is 23.5 Å². The first kappa shape index (κ1) is 17.0. The van der Waals surface area contributed by atoms with Gasteiger partial charge in [-0.2, -0.15) is 4.98 Å². The zero-order valence-corrected chi connectivity index (χ0v) is 13.5. The van der Waals surface area contributed by atoms with Crippen LogP contribution in [0.5, 0.6) is 0 Å². The highest BCUT2D eigenvalue weighted by Crippen LogP contribution is 2.51. The maximum atomic E-state index is 13.1. The van der Waals surface area contributed by atoms with Gasteiger partial charge in [0.1, 0.15) is 6.33 Å². The molecule has 3 rings (SSSR count). The molecule has 0 aliphatic rings. The molecule has 3 aromatic rings. The van der Waals surface area contributed by atoms with E-state index in [4.69, 9.17) is 5.73 Å². The number of nitrogens with one attached hydrogen (secondary N) is 1. The molecule has 0 aliphatic heterocycles. The van der Waals surface area contributed by atoms with Crippen molar-refractivity contribution in [2.75, 3.05) is 5.73 Å². The lowest BCUT2D eigenvalue weighted by Gasteiger charge is -2.13. The van der Waals surface area contributed by atoms with Gasteiger partial charge in [-0.1, -0.05) is 24.3 Å². The van der Waals surface area contributed by atoms with E-state index in [1.165, 1.54) is 23.0 Å². The highest BCUT2D eigenvalue weighted by Gasteiger charge is 2.25. The van der Waals surface area contributed by atoms with Crippen molar-refractivity contribution >= 4 is 30.0 Å². The fourth-order valence-electron chi connectivity index (χ4n) is 2.46. The molecule has 0 radical (unpaired) electrons.